The van der Waals surface area contributed by atoms with Gasteiger partial charge in [0, 0.05) is 18.5 Å². The maximum atomic E-state index is 13.0. The highest BCUT2D eigenvalue weighted by Crippen LogP contribution is 2.25. The van der Waals surface area contributed by atoms with Gasteiger partial charge in [-0.2, -0.15) is 0 Å². The molecule has 0 radical (unpaired) electrons. The molecule has 0 fully saturated rings. The molecule has 11 heteroatoms. The minimum absolute atomic E-state index is 0.0121. The summed E-state index contributed by atoms with van der Waals surface area (Å²) >= 11 is 0. The predicted molar refractivity (Wildman–Crippen MR) is 143 cm³/mol. The lowest BCUT2D eigenvalue weighted by atomic mass is 10.1. The molecular weight excluding hydrogens is 505 g/mol. The van der Waals surface area contributed by atoms with Gasteiger partial charge >= 0.3 is 5.97 Å². The van der Waals surface area contributed by atoms with Crippen molar-refractivity contribution >= 4 is 17.8 Å². The van der Waals surface area contributed by atoms with E-state index < -0.39 is 17.9 Å². The molecule has 0 spiro atoms. The summed E-state index contributed by atoms with van der Waals surface area (Å²) in [5.41, 5.74) is 1.73. The molecule has 2 aromatic carbocycles. The van der Waals surface area contributed by atoms with Crippen LogP contribution >= 0.6 is 0 Å². The summed E-state index contributed by atoms with van der Waals surface area (Å²) in [5.74, 6) is -1.04. The second kappa shape index (κ2) is 15.2. The first kappa shape index (κ1) is 29.3. The number of carbonyl (C=O) groups excluding carboxylic acids is 3. The molecule has 0 aliphatic rings. The zero-order valence-electron chi connectivity index (χ0n) is 22.2. The Bertz CT molecular complexity index is 1230. The number of carbonyl (C=O) groups is 3. The van der Waals surface area contributed by atoms with Crippen molar-refractivity contribution in [3.63, 3.8) is 0 Å². The van der Waals surface area contributed by atoms with E-state index in [9.17, 15) is 18.8 Å². The van der Waals surface area contributed by atoms with E-state index >= 15 is 0 Å². The van der Waals surface area contributed by atoms with Crippen molar-refractivity contribution < 1.29 is 28.2 Å². The van der Waals surface area contributed by atoms with E-state index in [1.807, 2.05) is 37.3 Å². The lowest BCUT2D eigenvalue weighted by molar-refractivity contribution is -0.142. The number of ether oxygens (including phenoxy) is 2. The van der Waals surface area contributed by atoms with Crippen LogP contribution in [0.15, 0.2) is 54.7 Å². The van der Waals surface area contributed by atoms with E-state index in [0.717, 1.165) is 18.4 Å². The van der Waals surface area contributed by atoms with E-state index in [1.165, 1.54) is 18.0 Å². The van der Waals surface area contributed by atoms with Crippen LogP contribution in [0.5, 0.6) is 5.75 Å². The summed E-state index contributed by atoms with van der Waals surface area (Å²) in [6.07, 6.45) is 4.48. The third-order valence-corrected chi connectivity index (χ3v) is 5.89. The first-order valence-corrected chi connectivity index (χ1v) is 12.9. The third kappa shape index (κ3) is 8.62. The summed E-state index contributed by atoms with van der Waals surface area (Å²) in [5, 5.41) is 13.5. The van der Waals surface area contributed by atoms with Crippen molar-refractivity contribution in [3.05, 3.63) is 71.5 Å². The summed E-state index contributed by atoms with van der Waals surface area (Å²) in [4.78, 5) is 37.7. The number of hydrogen-bond acceptors (Lipinski definition) is 7. The molecule has 1 unspecified atom stereocenters. The van der Waals surface area contributed by atoms with E-state index in [0.29, 0.717) is 43.0 Å². The highest BCUT2D eigenvalue weighted by molar-refractivity contribution is 5.96. The normalized spacial score (nSPS) is 11.5. The van der Waals surface area contributed by atoms with Gasteiger partial charge in [0.15, 0.2) is 5.69 Å². The van der Waals surface area contributed by atoms with Crippen LogP contribution in [0.4, 0.5) is 4.39 Å². The summed E-state index contributed by atoms with van der Waals surface area (Å²) in [7, 11) is 1.26. The SMILES string of the molecule is CCNC(=O)c1ccc(-n2cc(C(=O)NC(Cc3ccccc3)C(=O)OC)nn2)c(OCCCCCCF)c1. The lowest BCUT2D eigenvalue weighted by Crippen LogP contribution is -2.43. The third-order valence-electron chi connectivity index (χ3n) is 5.89. The Morgan fingerprint density at radius 1 is 1.03 bits per heavy atom. The van der Waals surface area contributed by atoms with Crippen LogP contribution in [0, 0.1) is 0 Å². The van der Waals surface area contributed by atoms with Crippen LogP contribution in [0.3, 0.4) is 0 Å². The molecule has 0 saturated carbocycles. The molecule has 10 nitrogen and oxygen atoms in total. The molecule has 0 aliphatic heterocycles. The molecule has 1 heterocycles. The molecule has 2 amide bonds. The van der Waals surface area contributed by atoms with E-state index in [-0.39, 0.29) is 24.7 Å². The number of methoxy groups -OCH3 is 1. The minimum atomic E-state index is -0.914. The highest BCUT2D eigenvalue weighted by Gasteiger charge is 2.24. The van der Waals surface area contributed by atoms with Gasteiger partial charge in [0.1, 0.15) is 17.5 Å². The maximum Gasteiger partial charge on any atom is 0.328 e. The van der Waals surface area contributed by atoms with Crippen LogP contribution in [0.1, 0.15) is 59.0 Å². The molecule has 1 atom stereocenters. The number of amides is 2. The molecule has 0 aliphatic carbocycles. The van der Waals surface area contributed by atoms with Crippen molar-refractivity contribution in [2.75, 3.05) is 26.9 Å². The maximum absolute atomic E-state index is 13.0. The number of unbranched alkanes of at least 4 members (excludes halogenated alkanes) is 3. The smallest absolute Gasteiger partial charge is 0.328 e. The number of nitrogens with one attached hydrogen (secondary N) is 2. The van der Waals surface area contributed by atoms with Crippen molar-refractivity contribution in [1.29, 1.82) is 0 Å². The summed E-state index contributed by atoms with van der Waals surface area (Å²) in [6.45, 7) is 2.33. The Morgan fingerprint density at radius 3 is 2.51 bits per heavy atom. The van der Waals surface area contributed by atoms with Crippen molar-refractivity contribution in [2.24, 2.45) is 0 Å². The van der Waals surface area contributed by atoms with E-state index in [2.05, 4.69) is 20.9 Å². The number of alkyl halides is 1. The van der Waals surface area contributed by atoms with Crippen LogP contribution in [-0.4, -0.2) is 65.8 Å². The second-order valence-electron chi connectivity index (χ2n) is 8.78. The van der Waals surface area contributed by atoms with Crippen molar-refractivity contribution in [1.82, 2.24) is 25.6 Å². The van der Waals surface area contributed by atoms with Crippen LogP contribution in [0.25, 0.3) is 5.69 Å². The van der Waals surface area contributed by atoms with Crippen molar-refractivity contribution in [2.45, 2.75) is 45.1 Å². The van der Waals surface area contributed by atoms with Gasteiger partial charge in [0.05, 0.1) is 26.6 Å². The molecule has 3 rings (SSSR count). The largest absolute Gasteiger partial charge is 0.491 e. The first-order valence-electron chi connectivity index (χ1n) is 12.9. The lowest BCUT2D eigenvalue weighted by Gasteiger charge is -2.15. The average molecular weight is 540 g/mol. The fourth-order valence-electron chi connectivity index (χ4n) is 3.86. The number of nitrogens with zero attached hydrogens (tertiary/aromatic N) is 3. The Hall–Kier alpha value is -4.28. The molecular formula is C28H34FN5O5. The minimum Gasteiger partial charge on any atom is -0.491 e. The van der Waals surface area contributed by atoms with Gasteiger partial charge in [-0.15, -0.1) is 5.10 Å². The number of aromatic nitrogens is 3. The number of esters is 1. The standard InChI is InChI=1S/C28H34FN5O5/c1-3-30-26(35)21-13-14-24(25(18-21)39-16-10-5-4-9-15-29)34-19-23(32-33-34)27(36)31-22(28(37)38-2)17-20-11-7-6-8-12-20/h6-8,11-14,18-19,22H,3-5,9-10,15-17H2,1-2H3,(H,30,35)(H,31,36). The van der Waals surface area contributed by atoms with Gasteiger partial charge in [-0.25, -0.2) is 9.48 Å². The quantitative estimate of drug-likeness (QED) is 0.224. The molecule has 2 N–H and O–H groups in total. The summed E-state index contributed by atoms with van der Waals surface area (Å²) in [6, 6.07) is 13.2. The molecule has 3 aromatic rings. The highest BCUT2D eigenvalue weighted by atomic mass is 19.1. The van der Waals surface area contributed by atoms with E-state index in [4.69, 9.17) is 9.47 Å². The van der Waals surface area contributed by atoms with Gasteiger partial charge in [-0.1, -0.05) is 42.0 Å². The number of rotatable bonds is 15. The fraction of sp³-hybridized carbons (Fsp3) is 0.393. The Kier molecular flexibility index (Phi) is 11.4. The Morgan fingerprint density at radius 2 is 1.79 bits per heavy atom. The molecule has 0 saturated heterocycles. The molecule has 1 aromatic heterocycles. The van der Waals surface area contributed by atoms with Gasteiger partial charge in [-0.05, 0) is 49.9 Å². The average Bonchev–Trinajstić information content (AvgIpc) is 3.45. The van der Waals surface area contributed by atoms with Crippen LogP contribution in [-0.2, 0) is 16.0 Å². The fourth-order valence-corrected chi connectivity index (χ4v) is 3.86. The van der Waals surface area contributed by atoms with Crippen LogP contribution < -0.4 is 15.4 Å². The van der Waals surface area contributed by atoms with Crippen LogP contribution in [0.2, 0.25) is 0 Å². The van der Waals surface area contributed by atoms with Gasteiger partial charge < -0.3 is 20.1 Å². The van der Waals surface area contributed by atoms with Gasteiger partial charge in [0.25, 0.3) is 11.8 Å². The van der Waals surface area contributed by atoms with Gasteiger partial charge in [-0.3, -0.25) is 14.0 Å². The first-order chi connectivity index (χ1) is 19.0. The zero-order valence-corrected chi connectivity index (χ0v) is 22.2. The Labute approximate surface area is 226 Å². The monoisotopic (exact) mass is 539 g/mol. The molecule has 39 heavy (non-hydrogen) atoms. The second-order valence-corrected chi connectivity index (χ2v) is 8.78. The summed E-state index contributed by atoms with van der Waals surface area (Å²) < 4.78 is 24.5. The molecule has 208 valence electrons. The predicted octanol–water partition coefficient (Wildman–Crippen LogP) is 3.44. The number of hydrogen-bond donors (Lipinski definition) is 2. The number of halogens is 1. The number of benzene rings is 2. The van der Waals surface area contributed by atoms with Gasteiger partial charge in [0.2, 0.25) is 0 Å². The topological polar surface area (TPSA) is 124 Å². The molecule has 0 bridgehead atoms. The van der Waals surface area contributed by atoms with E-state index in [1.54, 1.807) is 18.2 Å². The Balaban J connectivity index is 1.78. The zero-order chi connectivity index (χ0) is 28.0. The van der Waals surface area contributed by atoms with Crippen molar-refractivity contribution in [3.8, 4) is 11.4 Å².